The molecular formula is C16H25N3O2. The highest BCUT2D eigenvalue weighted by atomic mass is 16.5. The van der Waals surface area contributed by atoms with Crippen molar-refractivity contribution in [2.24, 2.45) is 5.41 Å². The Kier molecular flexibility index (Phi) is 5.56. The standard InChI is InChI=1S/C16H25N3O2/c1-3-10-17-14-6-4-5-13(19-14)15(20)18-12-16(7-8-16)9-11-21-2/h4-6H,3,7-12H2,1-2H3,(H,17,19)(H,18,20). The molecular weight excluding hydrogens is 266 g/mol. The van der Waals surface area contributed by atoms with E-state index in [1.54, 1.807) is 13.2 Å². The van der Waals surface area contributed by atoms with Crippen LogP contribution in [0.3, 0.4) is 0 Å². The van der Waals surface area contributed by atoms with Gasteiger partial charge in [0.1, 0.15) is 11.5 Å². The molecule has 2 rings (SSSR count). The molecule has 1 fully saturated rings. The topological polar surface area (TPSA) is 63.2 Å². The first-order valence-electron chi connectivity index (χ1n) is 7.67. The van der Waals surface area contributed by atoms with Crippen molar-refractivity contribution < 1.29 is 9.53 Å². The molecule has 1 saturated carbocycles. The second kappa shape index (κ2) is 7.41. The van der Waals surface area contributed by atoms with E-state index < -0.39 is 0 Å². The summed E-state index contributed by atoms with van der Waals surface area (Å²) in [5.41, 5.74) is 0.725. The number of anilines is 1. The van der Waals surface area contributed by atoms with Gasteiger partial charge >= 0.3 is 0 Å². The van der Waals surface area contributed by atoms with Gasteiger partial charge in [-0.2, -0.15) is 0 Å². The van der Waals surface area contributed by atoms with E-state index in [1.165, 1.54) is 12.8 Å². The van der Waals surface area contributed by atoms with Crippen molar-refractivity contribution in [3.63, 3.8) is 0 Å². The minimum Gasteiger partial charge on any atom is -0.385 e. The summed E-state index contributed by atoms with van der Waals surface area (Å²) in [6.07, 6.45) is 4.37. The van der Waals surface area contributed by atoms with Gasteiger partial charge in [-0.05, 0) is 43.2 Å². The normalized spacial score (nSPS) is 15.5. The predicted octanol–water partition coefficient (Wildman–Crippen LogP) is 2.45. The highest BCUT2D eigenvalue weighted by Gasteiger charge is 2.42. The van der Waals surface area contributed by atoms with Crippen molar-refractivity contribution in [1.29, 1.82) is 0 Å². The maximum atomic E-state index is 12.2. The third-order valence-corrected chi connectivity index (χ3v) is 3.96. The molecule has 1 heterocycles. The number of ether oxygens (including phenoxy) is 1. The summed E-state index contributed by atoms with van der Waals surface area (Å²) >= 11 is 0. The maximum Gasteiger partial charge on any atom is 0.269 e. The average Bonchev–Trinajstić information content (AvgIpc) is 3.29. The first-order valence-corrected chi connectivity index (χ1v) is 7.67. The summed E-state index contributed by atoms with van der Waals surface area (Å²) in [7, 11) is 1.72. The number of carbonyl (C=O) groups excluding carboxylic acids is 1. The second-order valence-electron chi connectivity index (χ2n) is 5.76. The third kappa shape index (κ3) is 4.70. The van der Waals surface area contributed by atoms with Crippen LogP contribution in [0.1, 0.15) is 43.1 Å². The summed E-state index contributed by atoms with van der Waals surface area (Å²) in [4.78, 5) is 16.5. The molecule has 5 nitrogen and oxygen atoms in total. The molecule has 0 atom stereocenters. The molecule has 0 aliphatic heterocycles. The molecule has 0 unspecified atom stereocenters. The largest absolute Gasteiger partial charge is 0.385 e. The first kappa shape index (κ1) is 15.8. The molecule has 21 heavy (non-hydrogen) atoms. The number of methoxy groups -OCH3 is 1. The summed E-state index contributed by atoms with van der Waals surface area (Å²) in [5, 5.41) is 6.20. The van der Waals surface area contributed by atoms with Crippen molar-refractivity contribution >= 4 is 11.7 Å². The number of carbonyl (C=O) groups is 1. The Morgan fingerprint density at radius 2 is 2.24 bits per heavy atom. The number of hydrogen-bond acceptors (Lipinski definition) is 4. The lowest BCUT2D eigenvalue weighted by molar-refractivity contribution is 0.0933. The number of nitrogens with one attached hydrogen (secondary N) is 2. The Balaban J connectivity index is 1.85. The van der Waals surface area contributed by atoms with Crippen LogP contribution in [0.5, 0.6) is 0 Å². The summed E-state index contributed by atoms with van der Waals surface area (Å²) in [6, 6.07) is 5.49. The zero-order chi connectivity index (χ0) is 15.1. The number of rotatable bonds is 9. The Bertz CT molecular complexity index is 472. The van der Waals surface area contributed by atoms with Crippen molar-refractivity contribution in [3.05, 3.63) is 23.9 Å². The van der Waals surface area contributed by atoms with Gasteiger partial charge in [0.25, 0.3) is 5.91 Å². The Morgan fingerprint density at radius 3 is 2.90 bits per heavy atom. The molecule has 1 aromatic rings. The van der Waals surface area contributed by atoms with Crippen molar-refractivity contribution in [3.8, 4) is 0 Å². The average molecular weight is 291 g/mol. The Morgan fingerprint density at radius 1 is 1.43 bits per heavy atom. The molecule has 1 amide bonds. The van der Waals surface area contributed by atoms with Gasteiger partial charge in [0.05, 0.1) is 0 Å². The van der Waals surface area contributed by atoms with Crippen LogP contribution in [-0.4, -0.2) is 37.7 Å². The van der Waals surface area contributed by atoms with Gasteiger partial charge in [0.2, 0.25) is 0 Å². The van der Waals surface area contributed by atoms with Crippen LogP contribution in [0.2, 0.25) is 0 Å². The SMILES string of the molecule is CCCNc1cccc(C(=O)NCC2(CCOC)CC2)n1. The van der Waals surface area contributed by atoms with E-state index in [-0.39, 0.29) is 11.3 Å². The lowest BCUT2D eigenvalue weighted by Gasteiger charge is -2.15. The lowest BCUT2D eigenvalue weighted by Crippen LogP contribution is -2.31. The molecule has 5 heteroatoms. The summed E-state index contributed by atoms with van der Waals surface area (Å²) in [5.74, 6) is 0.656. The van der Waals surface area contributed by atoms with Gasteiger partial charge in [0, 0.05) is 26.8 Å². The molecule has 0 saturated heterocycles. The number of hydrogen-bond donors (Lipinski definition) is 2. The van der Waals surface area contributed by atoms with Crippen LogP contribution in [0.15, 0.2) is 18.2 Å². The molecule has 0 spiro atoms. The molecule has 0 aromatic carbocycles. The second-order valence-corrected chi connectivity index (χ2v) is 5.76. The maximum absolute atomic E-state index is 12.2. The smallest absolute Gasteiger partial charge is 0.269 e. The van der Waals surface area contributed by atoms with Crippen molar-refractivity contribution in [2.75, 3.05) is 32.1 Å². The van der Waals surface area contributed by atoms with E-state index in [1.807, 2.05) is 12.1 Å². The fraction of sp³-hybridized carbons (Fsp3) is 0.625. The van der Waals surface area contributed by atoms with Crippen LogP contribution >= 0.6 is 0 Å². The fourth-order valence-electron chi connectivity index (χ4n) is 2.28. The molecule has 116 valence electrons. The molecule has 0 radical (unpaired) electrons. The van der Waals surface area contributed by atoms with E-state index in [2.05, 4.69) is 22.5 Å². The highest BCUT2D eigenvalue weighted by Crippen LogP contribution is 2.48. The number of amides is 1. The van der Waals surface area contributed by atoms with Gasteiger partial charge in [-0.25, -0.2) is 4.98 Å². The number of pyridine rings is 1. The number of aromatic nitrogens is 1. The van der Waals surface area contributed by atoms with E-state index in [4.69, 9.17) is 4.74 Å². The van der Waals surface area contributed by atoms with Crippen LogP contribution in [0, 0.1) is 5.41 Å². The fourth-order valence-corrected chi connectivity index (χ4v) is 2.28. The van der Waals surface area contributed by atoms with E-state index in [0.29, 0.717) is 12.2 Å². The third-order valence-electron chi connectivity index (χ3n) is 3.96. The van der Waals surface area contributed by atoms with Gasteiger partial charge in [0.15, 0.2) is 0 Å². The van der Waals surface area contributed by atoms with Crippen molar-refractivity contribution in [2.45, 2.75) is 32.6 Å². The van der Waals surface area contributed by atoms with Crippen molar-refractivity contribution in [1.82, 2.24) is 10.3 Å². The Labute approximate surface area is 126 Å². The van der Waals surface area contributed by atoms with Gasteiger partial charge in [-0.15, -0.1) is 0 Å². The molecule has 0 bridgehead atoms. The highest BCUT2D eigenvalue weighted by molar-refractivity contribution is 5.92. The first-order chi connectivity index (χ1) is 10.2. The molecule has 2 N–H and O–H groups in total. The van der Waals surface area contributed by atoms with Crippen LogP contribution < -0.4 is 10.6 Å². The predicted molar refractivity (Wildman–Crippen MR) is 83.5 cm³/mol. The van der Waals surface area contributed by atoms with E-state index in [0.717, 1.165) is 31.8 Å². The summed E-state index contributed by atoms with van der Waals surface area (Å²) < 4.78 is 5.13. The minimum absolute atomic E-state index is 0.0983. The van der Waals surface area contributed by atoms with Gasteiger partial charge in [-0.3, -0.25) is 4.79 Å². The molecule has 1 aliphatic rings. The van der Waals surface area contributed by atoms with Crippen LogP contribution in [-0.2, 0) is 4.74 Å². The van der Waals surface area contributed by atoms with E-state index in [9.17, 15) is 4.79 Å². The van der Waals surface area contributed by atoms with Gasteiger partial charge < -0.3 is 15.4 Å². The monoisotopic (exact) mass is 291 g/mol. The number of nitrogens with zero attached hydrogens (tertiary/aromatic N) is 1. The molecule has 1 aliphatic carbocycles. The van der Waals surface area contributed by atoms with Crippen LogP contribution in [0.25, 0.3) is 0 Å². The van der Waals surface area contributed by atoms with Crippen LogP contribution in [0.4, 0.5) is 5.82 Å². The summed E-state index contributed by atoms with van der Waals surface area (Å²) in [6.45, 7) is 4.42. The molecule has 1 aromatic heterocycles. The van der Waals surface area contributed by atoms with Gasteiger partial charge in [-0.1, -0.05) is 13.0 Å². The quantitative estimate of drug-likeness (QED) is 0.733. The lowest BCUT2D eigenvalue weighted by atomic mass is 10.0. The zero-order valence-corrected chi connectivity index (χ0v) is 12.9. The Hall–Kier alpha value is -1.62. The van der Waals surface area contributed by atoms with E-state index >= 15 is 0 Å². The minimum atomic E-state index is -0.0983. The zero-order valence-electron chi connectivity index (χ0n) is 12.9.